The van der Waals surface area contributed by atoms with Crippen LogP contribution in [0.5, 0.6) is 0 Å². The van der Waals surface area contributed by atoms with E-state index >= 15 is 0 Å². The fraction of sp³-hybridized carbons (Fsp3) is 0.300. The van der Waals surface area contributed by atoms with E-state index in [9.17, 15) is 9.59 Å². The number of hydrogen-bond acceptors (Lipinski definition) is 6. The van der Waals surface area contributed by atoms with Gasteiger partial charge in [0.15, 0.2) is 0 Å². The highest BCUT2D eigenvalue weighted by molar-refractivity contribution is 6.06. The Morgan fingerprint density at radius 1 is 1.39 bits per heavy atom. The zero-order valence-electron chi connectivity index (χ0n) is 15.8. The summed E-state index contributed by atoms with van der Waals surface area (Å²) in [5.74, 6) is -0.295. The minimum absolute atomic E-state index is 0.236. The molecule has 1 fully saturated rings. The smallest absolute Gasteiger partial charge is 0.325 e. The lowest BCUT2D eigenvalue weighted by Gasteiger charge is -2.43. The van der Waals surface area contributed by atoms with Crippen LogP contribution in [0.1, 0.15) is 24.1 Å². The molecule has 0 bridgehead atoms. The number of nitrogen functional groups attached to an aromatic ring is 1. The predicted octanol–water partition coefficient (Wildman–Crippen LogP) is 2.14. The number of amides is 3. The molecule has 3 amide bonds. The Morgan fingerprint density at radius 2 is 2.14 bits per heavy atom. The lowest BCUT2D eigenvalue weighted by atomic mass is 9.83. The Morgan fingerprint density at radius 3 is 2.82 bits per heavy atom. The molecule has 1 unspecified atom stereocenters. The number of nitrogens with one attached hydrogen (secondary N) is 1. The van der Waals surface area contributed by atoms with Crippen LogP contribution in [0.15, 0.2) is 53.8 Å². The molecule has 1 aromatic carbocycles. The average Bonchev–Trinajstić information content (AvgIpc) is 2.69. The summed E-state index contributed by atoms with van der Waals surface area (Å²) in [4.78, 5) is 35.3. The second kappa shape index (κ2) is 8.51. The fourth-order valence-corrected chi connectivity index (χ4v) is 3.26. The van der Waals surface area contributed by atoms with E-state index in [1.165, 1.54) is 18.2 Å². The van der Waals surface area contributed by atoms with Gasteiger partial charge in [-0.25, -0.2) is 9.78 Å². The molecule has 2 heterocycles. The number of carbonyl (C=O) groups is 2. The van der Waals surface area contributed by atoms with Crippen molar-refractivity contribution in [2.24, 2.45) is 11.1 Å². The summed E-state index contributed by atoms with van der Waals surface area (Å²) in [5, 5.41) is 6.63. The highest BCUT2D eigenvalue weighted by Crippen LogP contribution is 2.30. The number of oxime groups is 1. The van der Waals surface area contributed by atoms with Gasteiger partial charge in [-0.1, -0.05) is 35.5 Å². The first-order valence-corrected chi connectivity index (χ1v) is 8.97. The molecule has 0 saturated carbocycles. The number of imide groups is 1. The number of carbonyl (C=O) groups excluding carboxylic acids is 2. The highest BCUT2D eigenvalue weighted by atomic mass is 16.6. The Labute approximate surface area is 163 Å². The fourth-order valence-electron chi connectivity index (χ4n) is 3.26. The van der Waals surface area contributed by atoms with E-state index in [-0.39, 0.29) is 11.9 Å². The molecular weight excluding hydrogens is 358 g/mol. The first kappa shape index (κ1) is 19.3. The Hall–Kier alpha value is -3.42. The van der Waals surface area contributed by atoms with Gasteiger partial charge in [0.05, 0.1) is 24.2 Å². The first-order valence-electron chi connectivity index (χ1n) is 8.97. The summed E-state index contributed by atoms with van der Waals surface area (Å²) in [6.07, 6.45) is 3.51. The number of rotatable bonds is 6. The Balaban J connectivity index is 1.72. The zero-order chi connectivity index (χ0) is 20.1. The number of aromatic nitrogens is 1. The van der Waals surface area contributed by atoms with Crippen molar-refractivity contribution in [2.75, 3.05) is 12.8 Å². The van der Waals surface area contributed by atoms with Gasteiger partial charge in [-0.3, -0.25) is 9.69 Å². The van der Waals surface area contributed by atoms with E-state index in [1.54, 1.807) is 18.3 Å². The number of nitrogens with two attached hydrogens (primary N) is 1. The van der Waals surface area contributed by atoms with Gasteiger partial charge in [0.25, 0.3) is 0 Å². The molecule has 3 atom stereocenters. The quantitative estimate of drug-likeness (QED) is 0.452. The lowest BCUT2D eigenvalue weighted by Crippen LogP contribution is -2.66. The summed E-state index contributed by atoms with van der Waals surface area (Å²) in [6, 6.07) is 11.9. The van der Waals surface area contributed by atoms with Crippen LogP contribution in [0, 0.1) is 5.92 Å². The molecule has 0 radical (unpaired) electrons. The Kier molecular flexibility index (Phi) is 5.88. The minimum atomic E-state index is -0.496. The first-order chi connectivity index (χ1) is 13.5. The number of likely N-dealkylation sites (tertiary alicyclic amines) is 1. The zero-order valence-corrected chi connectivity index (χ0v) is 15.8. The number of hydrogen-bond donors (Lipinski definition) is 2. The summed E-state index contributed by atoms with van der Waals surface area (Å²) in [6.45, 7) is 1.87. The van der Waals surface area contributed by atoms with E-state index in [0.29, 0.717) is 12.2 Å². The van der Waals surface area contributed by atoms with Crippen LogP contribution < -0.4 is 11.1 Å². The number of benzene rings is 1. The van der Waals surface area contributed by atoms with Crippen molar-refractivity contribution < 1.29 is 14.4 Å². The molecule has 1 saturated heterocycles. The van der Waals surface area contributed by atoms with Crippen LogP contribution >= 0.6 is 0 Å². The number of pyridine rings is 1. The number of anilines is 1. The summed E-state index contributed by atoms with van der Waals surface area (Å²) in [7, 11) is 1.41. The molecule has 0 aliphatic carbocycles. The van der Waals surface area contributed by atoms with E-state index in [1.807, 2.05) is 37.3 Å². The summed E-state index contributed by atoms with van der Waals surface area (Å²) in [5.41, 5.74) is 7.54. The van der Waals surface area contributed by atoms with Crippen molar-refractivity contribution in [1.82, 2.24) is 15.2 Å². The monoisotopic (exact) mass is 381 g/mol. The molecule has 3 rings (SSSR count). The van der Waals surface area contributed by atoms with Crippen LogP contribution in [-0.2, 0) is 16.1 Å². The van der Waals surface area contributed by atoms with Gasteiger partial charge in [-0.2, -0.15) is 0 Å². The van der Waals surface area contributed by atoms with Gasteiger partial charge in [0, 0.05) is 6.20 Å². The van der Waals surface area contributed by atoms with E-state index < -0.39 is 18.0 Å². The van der Waals surface area contributed by atoms with Crippen molar-refractivity contribution in [3.05, 3.63) is 59.8 Å². The van der Waals surface area contributed by atoms with Gasteiger partial charge in [0.1, 0.15) is 12.9 Å². The largest absolute Gasteiger partial charge is 0.399 e. The molecule has 8 nitrogen and oxygen atoms in total. The number of urea groups is 1. The van der Waals surface area contributed by atoms with Gasteiger partial charge in [-0.15, -0.1) is 0 Å². The molecule has 3 N–H and O–H groups in total. The molecule has 28 heavy (non-hydrogen) atoms. The molecule has 146 valence electrons. The molecule has 1 aliphatic rings. The number of nitrogens with zero attached hydrogens (tertiary/aromatic N) is 3. The van der Waals surface area contributed by atoms with Gasteiger partial charge < -0.3 is 15.9 Å². The van der Waals surface area contributed by atoms with Gasteiger partial charge >= 0.3 is 6.03 Å². The maximum absolute atomic E-state index is 12.7. The SMILES string of the molecule is CO/N=C/[C@@H]1C(Cc2ccnc(N)c2)C(=O)N1C(=O)N[C@H](C)c1ccccc1. The molecule has 1 aromatic heterocycles. The van der Waals surface area contributed by atoms with Gasteiger partial charge in [-0.05, 0) is 36.6 Å². The number of β-lactam (4-membered cyclic amide) rings is 1. The average molecular weight is 381 g/mol. The minimum Gasteiger partial charge on any atom is -0.399 e. The molecule has 0 spiro atoms. The molecule has 2 aromatic rings. The van der Waals surface area contributed by atoms with Crippen molar-refractivity contribution in [3.63, 3.8) is 0 Å². The molecule has 1 aliphatic heterocycles. The van der Waals surface area contributed by atoms with Crippen molar-refractivity contribution >= 4 is 24.0 Å². The maximum atomic E-state index is 12.7. The van der Waals surface area contributed by atoms with Crippen molar-refractivity contribution in [2.45, 2.75) is 25.4 Å². The van der Waals surface area contributed by atoms with Gasteiger partial charge in [0.2, 0.25) is 5.91 Å². The highest BCUT2D eigenvalue weighted by Gasteiger charge is 2.50. The summed E-state index contributed by atoms with van der Waals surface area (Å²) >= 11 is 0. The van der Waals surface area contributed by atoms with Crippen LogP contribution in [0.4, 0.5) is 10.6 Å². The topological polar surface area (TPSA) is 110 Å². The standard InChI is InChI=1S/C20H23N5O3/c1-13(15-6-4-3-5-7-15)24-20(27)25-17(12-23-28-2)16(19(25)26)10-14-8-9-22-18(21)11-14/h3-9,11-13,16-17H,10H2,1-2H3,(H2,21,22)(H,24,27)/b23-12+/t13-,16?,17-/m1/s1. The summed E-state index contributed by atoms with van der Waals surface area (Å²) < 4.78 is 0. The third-order valence-corrected chi connectivity index (χ3v) is 4.74. The predicted molar refractivity (Wildman–Crippen MR) is 105 cm³/mol. The third-order valence-electron chi connectivity index (χ3n) is 4.74. The third kappa shape index (κ3) is 4.11. The van der Waals surface area contributed by atoms with Crippen molar-refractivity contribution in [3.8, 4) is 0 Å². The van der Waals surface area contributed by atoms with Crippen LogP contribution in [0.2, 0.25) is 0 Å². The molecule has 8 heteroatoms. The van der Waals surface area contributed by atoms with Crippen LogP contribution in [0.3, 0.4) is 0 Å². The van der Waals surface area contributed by atoms with E-state index in [4.69, 9.17) is 10.6 Å². The van der Waals surface area contributed by atoms with E-state index in [0.717, 1.165) is 11.1 Å². The normalized spacial score (nSPS) is 19.9. The van der Waals surface area contributed by atoms with E-state index in [2.05, 4.69) is 15.5 Å². The Bertz CT molecular complexity index is 871. The second-order valence-corrected chi connectivity index (χ2v) is 6.62. The lowest BCUT2D eigenvalue weighted by molar-refractivity contribution is -0.145. The molecular formula is C20H23N5O3. The van der Waals surface area contributed by atoms with Crippen molar-refractivity contribution in [1.29, 1.82) is 0 Å². The van der Waals surface area contributed by atoms with Crippen LogP contribution in [-0.4, -0.2) is 41.2 Å². The van der Waals surface area contributed by atoms with Crippen LogP contribution in [0.25, 0.3) is 0 Å². The maximum Gasteiger partial charge on any atom is 0.325 e. The second-order valence-electron chi connectivity index (χ2n) is 6.62.